The van der Waals surface area contributed by atoms with Gasteiger partial charge >= 0.3 is 0 Å². The van der Waals surface area contributed by atoms with Crippen molar-refractivity contribution in [1.29, 1.82) is 5.26 Å². The van der Waals surface area contributed by atoms with Crippen LogP contribution in [-0.2, 0) is 4.79 Å². The van der Waals surface area contributed by atoms with Crippen LogP contribution in [0.1, 0.15) is 12.5 Å². The van der Waals surface area contributed by atoms with E-state index in [2.05, 4.69) is 10.6 Å². The van der Waals surface area contributed by atoms with Crippen LogP contribution in [0.5, 0.6) is 0 Å². The summed E-state index contributed by atoms with van der Waals surface area (Å²) in [5.41, 5.74) is 5.55. The Labute approximate surface area is 94.2 Å². The number of carbonyl (C=O) groups excluding carboxylic acids is 1. The molecule has 84 valence electrons. The maximum atomic E-state index is 11.2. The second-order valence-electron chi connectivity index (χ2n) is 3.55. The van der Waals surface area contributed by atoms with E-state index in [1.54, 1.807) is 38.2 Å². The van der Waals surface area contributed by atoms with E-state index in [4.69, 9.17) is 11.0 Å². The summed E-state index contributed by atoms with van der Waals surface area (Å²) in [5.74, 6) is -0.501. The van der Waals surface area contributed by atoms with E-state index in [0.29, 0.717) is 5.56 Å². The highest BCUT2D eigenvalue weighted by molar-refractivity contribution is 5.86. The van der Waals surface area contributed by atoms with Crippen molar-refractivity contribution in [3.63, 3.8) is 0 Å². The third-order valence-electron chi connectivity index (χ3n) is 2.40. The number of hydrogen-bond donors (Lipinski definition) is 3. The molecule has 1 amide bonds. The average molecular weight is 218 g/mol. The van der Waals surface area contributed by atoms with E-state index in [-0.39, 0.29) is 0 Å². The zero-order chi connectivity index (χ0) is 12.2. The van der Waals surface area contributed by atoms with E-state index in [0.717, 1.165) is 5.69 Å². The van der Waals surface area contributed by atoms with Crippen molar-refractivity contribution in [3.05, 3.63) is 29.8 Å². The molecule has 0 heterocycles. The summed E-state index contributed by atoms with van der Waals surface area (Å²) < 4.78 is 0. The number of primary amides is 1. The summed E-state index contributed by atoms with van der Waals surface area (Å²) in [4.78, 5) is 11.2. The SMILES string of the molecule is CN[C@@](C)(Nc1ccc(C#N)cc1)C(N)=O. The fourth-order valence-corrected chi connectivity index (χ4v) is 1.16. The van der Waals surface area contributed by atoms with Gasteiger partial charge in [-0.15, -0.1) is 0 Å². The minimum absolute atomic E-state index is 0.501. The third kappa shape index (κ3) is 2.49. The number of carbonyl (C=O) groups is 1. The Balaban J connectivity index is 2.87. The second kappa shape index (κ2) is 4.64. The maximum absolute atomic E-state index is 11.2. The smallest absolute Gasteiger partial charge is 0.257 e. The average Bonchev–Trinajstić information content (AvgIpc) is 2.29. The molecular formula is C11H14N4O. The van der Waals surface area contributed by atoms with Crippen molar-refractivity contribution in [2.75, 3.05) is 12.4 Å². The molecule has 0 bridgehead atoms. The van der Waals surface area contributed by atoms with Gasteiger partial charge in [-0.05, 0) is 38.2 Å². The lowest BCUT2D eigenvalue weighted by molar-refractivity contribution is -0.122. The lowest BCUT2D eigenvalue weighted by atomic mass is 10.1. The molecule has 16 heavy (non-hydrogen) atoms. The van der Waals surface area contributed by atoms with Crippen molar-refractivity contribution in [1.82, 2.24) is 5.32 Å². The molecule has 0 aliphatic heterocycles. The first kappa shape index (κ1) is 12.0. The number of likely N-dealkylation sites (N-methyl/N-ethyl adjacent to an activating group) is 1. The molecule has 1 rings (SSSR count). The van der Waals surface area contributed by atoms with Gasteiger partial charge in [-0.1, -0.05) is 0 Å². The van der Waals surface area contributed by atoms with Gasteiger partial charge in [0, 0.05) is 5.69 Å². The van der Waals surface area contributed by atoms with Crippen LogP contribution in [0, 0.1) is 11.3 Å². The number of amides is 1. The van der Waals surface area contributed by atoms with E-state index in [9.17, 15) is 4.79 Å². The highest BCUT2D eigenvalue weighted by atomic mass is 16.2. The Morgan fingerprint density at radius 3 is 2.38 bits per heavy atom. The van der Waals surface area contributed by atoms with Crippen LogP contribution < -0.4 is 16.4 Å². The minimum Gasteiger partial charge on any atom is -0.366 e. The molecule has 0 fully saturated rings. The normalized spacial score (nSPS) is 13.6. The van der Waals surface area contributed by atoms with E-state index < -0.39 is 11.6 Å². The number of nitrogens with one attached hydrogen (secondary N) is 2. The summed E-state index contributed by atoms with van der Waals surface area (Å²) in [7, 11) is 1.64. The van der Waals surface area contributed by atoms with Crippen molar-refractivity contribution >= 4 is 11.6 Å². The molecular weight excluding hydrogens is 204 g/mol. The van der Waals surface area contributed by atoms with Crippen molar-refractivity contribution in [2.24, 2.45) is 5.73 Å². The predicted molar refractivity (Wildman–Crippen MR) is 61.4 cm³/mol. The summed E-state index contributed by atoms with van der Waals surface area (Å²) in [6, 6.07) is 8.79. The molecule has 0 radical (unpaired) electrons. The zero-order valence-electron chi connectivity index (χ0n) is 9.24. The number of hydrogen-bond acceptors (Lipinski definition) is 4. The van der Waals surface area contributed by atoms with E-state index in [1.807, 2.05) is 6.07 Å². The molecule has 0 aliphatic carbocycles. The van der Waals surface area contributed by atoms with Gasteiger partial charge in [0.15, 0.2) is 5.66 Å². The number of anilines is 1. The molecule has 1 atom stereocenters. The van der Waals surface area contributed by atoms with Crippen LogP contribution in [0.2, 0.25) is 0 Å². The highest BCUT2D eigenvalue weighted by Crippen LogP contribution is 2.13. The van der Waals surface area contributed by atoms with Gasteiger partial charge in [-0.2, -0.15) is 5.26 Å². The first-order valence-corrected chi connectivity index (χ1v) is 4.79. The van der Waals surface area contributed by atoms with Crippen molar-refractivity contribution in [3.8, 4) is 6.07 Å². The Morgan fingerprint density at radius 1 is 1.44 bits per heavy atom. The molecule has 1 aromatic rings. The molecule has 4 N–H and O–H groups in total. The number of nitriles is 1. The predicted octanol–water partition coefficient (Wildman–Crippen LogP) is 0.391. The molecule has 0 unspecified atom stereocenters. The highest BCUT2D eigenvalue weighted by Gasteiger charge is 2.28. The van der Waals surface area contributed by atoms with Crippen LogP contribution in [0.3, 0.4) is 0 Å². The third-order valence-corrected chi connectivity index (χ3v) is 2.40. The number of rotatable bonds is 4. The molecule has 0 saturated heterocycles. The molecule has 5 nitrogen and oxygen atoms in total. The maximum Gasteiger partial charge on any atom is 0.257 e. The topological polar surface area (TPSA) is 90.9 Å². The summed E-state index contributed by atoms with van der Waals surface area (Å²) in [5, 5.41) is 14.4. The van der Waals surface area contributed by atoms with Gasteiger partial charge < -0.3 is 11.1 Å². The quantitative estimate of drug-likeness (QED) is 0.637. The lowest BCUT2D eigenvalue weighted by Crippen LogP contribution is -2.57. The van der Waals surface area contributed by atoms with E-state index >= 15 is 0 Å². The van der Waals surface area contributed by atoms with Crippen LogP contribution in [-0.4, -0.2) is 18.6 Å². The molecule has 1 aromatic carbocycles. The number of nitrogens with two attached hydrogens (primary N) is 1. The molecule has 0 aromatic heterocycles. The standard InChI is InChI=1S/C11H14N4O/c1-11(14-2,10(13)16)15-9-5-3-8(7-12)4-6-9/h3-6,14-15H,1-2H3,(H2,13,16)/t11-/m0/s1. The largest absolute Gasteiger partial charge is 0.366 e. The van der Waals surface area contributed by atoms with E-state index in [1.165, 1.54) is 0 Å². The van der Waals surface area contributed by atoms with Crippen LogP contribution in [0.4, 0.5) is 5.69 Å². The summed E-state index contributed by atoms with van der Waals surface area (Å²) in [6.45, 7) is 1.65. The van der Waals surface area contributed by atoms with Crippen LogP contribution in [0.15, 0.2) is 24.3 Å². The first-order valence-electron chi connectivity index (χ1n) is 4.79. The van der Waals surface area contributed by atoms with Crippen molar-refractivity contribution in [2.45, 2.75) is 12.6 Å². The summed E-state index contributed by atoms with van der Waals surface area (Å²) in [6.07, 6.45) is 0. The monoisotopic (exact) mass is 218 g/mol. The van der Waals surface area contributed by atoms with Gasteiger partial charge in [0.25, 0.3) is 5.91 Å². The Morgan fingerprint density at radius 2 is 2.00 bits per heavy atom. The van der Waals surface area contributed by atoms with Gasteiger partial charge in [0.2, 0.25) is 0 Å². The fourth-order valence-electron chi connectivity index (χ4n) is 1.16. The second-order valence-corrected chi connectivity index (χ2v) is 3.55. The van der Waals surface area contributed by atoms with Gasteiger partial charge in [0.1, 0.15) is 0 Å². The number of benzene rings is 1. The molecule has 0 spiro atoms. The molecule has 5 heteroatoms. The Kier molecular flexibility index (Phi) is 3.48. The van der Waals surface area contributed by atoms with Crippen LogP contribution >= 0.6 is 0 Å². The Hall–Kier alpha value is -2.06. The van der Waals surface area contributed by atoms with Crippen molar-refractivity contribution < 1.29 is 4.79 Å². The molecule has 0 saturated carbocycles. The summed E-state index contributed by atoms with van der Waals surface area (Å²) >= 11 is 0. The van der Waals surface area contributed by atoms with Gasteiger partial charge in [-0.25, -0.2) is 0 Å². The minimum atomic E-state index is -1.01. The van der Waals surface area contributed by atoms with Gasteiger partial charge in [-0.3, -0.25) is 10.1 Å². The zero-order valence-corrected chi connectivity index (χ0v) is 9.24. The molecule has 0 aliphatic rings. The number of nitrogens with zero attached hydrogens (tertiary/aromatic N) is 1. The van der Waals surface area contributed by atoms with Crippen LogP contribution in [0.25, 0.3) is 0 Å². The Bertz CT molecular complexity index is 421. The van der Waals surface area contributed by atoms with Gasteiger partial charge in [0.05, 0.1) is 11.6 Å². The lowest BCUT2D eigenvalue weighted by Gasteiger charge is -2.27. The fraction of sp³-hybridized carbons (Fsp3) is 0.273. The first-order chi connectivity index (χ1) is 7.51.